The van der Waals surface area contributed by atoms with Crippen LogP contribution < -0.4 is 0 Å². The Morgan fingerprint density at radius 2 is 1.94 bits per heavy atom. The minimum atomic E-state index is -0.620. The standard InChI is InChI=1S/C24H38N4O3/c1-15-25-27-28(26-15)13-22(29)21-7-6-20-19-5-4-16-12-24(30,14-31-3)11-9-17(16)18(19)8-10-23(20,21)2/h16-21,30H,4-14H2,1-3H3/t16-,17+,18-,19-,20+,21-,23+,24-/m1/s1. The van der Waals surface area contributed by atoms with Crippen LogP contribution in [0.3, 0.4) is 0 Å². The molecule has 1 aromatic heterocycles. The molecule has 5 rings (SSSR count). The monoisotopic (exact) mass is 430 g/mol. The minimum absolute atomic E-state index is 0.117. The average molecular weight is 431 g/mol. The van der Waals surface area contributed by atoms with Crippen molar-refractivity contribution in [1.82, 2.24) is 20.2 Å². The van der Waals surface area contributed by atoms with Gasteiger partial charge in [-0.05, 0) is 105 Å². The van der Waals surface area contributed by atoms with E-state index in [0.29, 0.717) is 24.3 Å². The second-order valence-electron chi connectivity index (χ2n) is 11.3. The Hall–Kier alpha value is -1.34. The summed E-state index contributed by atoms with van der Waals surface area (Å²) in [7, 11) is 1.70. The van der Waals surface area contributed by atoms with Gasteiger partial charge >= 0.3 is 0 Å². The molecular weight excluding hydrogens is 392 g/mol. The van der Waals surface area contributed by atoms with Gasteiger partial charge < -0.3 is 9.84 Å². The minimum Gasteiger partial charge on any atom is -0.387 e. The summed E-state index contributed by atoms with van der Waals surface area (Å²) >= 11 is 0. The van der Waals surface area contributed by atoms with Gasteiger partial charge in [-0.2, -0.15) is 4.80 Å². The van der Waals surface area contributed by atoms with Crippen molar-refractivity contribution in [1.29, 1.82) is 0 Å². The summed E-state index contributed by atoms with van der Waals surface area (Å²) in [6.07, 6.45) is 10.00. The number of hydrogen-bond donors (Lipinski definition) is 1. The molecule has 0 radical (unpaired) electrons. The van der Waals surface area contributed by atoms with E-state index in [1.54, 1.807) is 14.0 Å². The molecule has 4 aliphatic carbocycles. The molecule has 172 valence electrons. The predicted molar refractivity (Wildman–Crippen MR) is 115 cm³/mol. The maximum atomic E-state index is 13.2. The highest BCUT2D eigenvalue weighted by molar-refractivity contribution is 5.81. The van der Waals surface area contributed by atoms with Crippen molar-refractivity contribution in [2.45, 2.75) is 83.8 Å². The van der Waals surface area contributed by atoms with Crippen LogP contribution in [-0.2, 0) is 16.1 Å². The van der Waals surface area contributed by atoms with Crippen LogP contribution >= 0.6 is 0 Å². The molecule has 4 fully saturated rings. The largest absolute Gasteiger partial charge is 0.387 e. The van der Waals surface area contributed by atoms with Gasteiger partial charge in [0.15, 0.2) is 11.6 Å². The average Bonchev–Trinajstić information content (AvgIpc) is 3.29. The number of Topliss-reactive ketones (excluding diaryl/α,β-unsaturated/α-hetero) is 1. The topological polar surface area (TPSA) is 90.1 Å². The van der Waals surface area contributed by atoms with E-state index in [9.17, 15) is 9.90 Å². The molecule has 1 heterocycles. The number of hydrogen-bond acceptors (Lipinski definition) is 6. The van der Waals surface area contributed by atoms with Gasteiger partial charge in [-0.3, -0.25) is 4.79 Å². The van der Waals surface area contributed by atoms with E-state index in [1.165, 1.54) is 30.5 Å². The summed E-state index contributed by atoms with van der Waals surface area (Å²) in [4.78, 5) is 14.7. The van der Waals surface area contributed by atoms with Crippen LogP contribution in [-0.4, -0.2) is 50.4 Å². The zero-order valence-electron chi connectivity index (χ0n) is 19.3. The van der Waals surface area contributed by atoms with Gasteiger partial charge in [0.1, 0.15) is 6.54 Å². The van der Waals surface area contributed by atoms with Crippen LogP contribution in [0.25, 0.3) is 0 Å². The lowest BCUT2D eigenvalue weighted by Gasteiger charge is -2.57. The van der Waals surface area contributed by atoms with Crippen molar-refractivity contribution >= 4 is 5.78 Å². The summed E-state index contributed by atoms with van der Waals surface area (Å²) in [6, 6.07) is 0. The first-order chi connectivity index (χ1) is 14.8. The van der Waals surface area contributed by atoms with Crippen LogP contribution in [0, 0.1) is 47.8 Å². The lowest BCUT2D eigenvalue weighted by molar-refractivity contribution is -0.137. The van der Waals surface area contributed by atoms with Gasteiger partial charge in [0.25, 0.3) is 0 Å². The number of fused-ring (bicyclic) bond motifs is 5. The lowest BCUT2D eigenvalue weighted by Crippen LogP contribution is -2.52. The third-order valence-corrected chi connectivity index (χ3v) is 9.76. The number of carbonyl (C=O) groups is 1. The molecule has 0 bridgehead atoms. The fraction of sp³-hybridized carbons (Fsp3) is 0.917. The zero-order chi connectivity index (χ0) is 21.8. The Bertz CT molecular complexity index is 828. The molecule has 1 N–H and O–H groups in total. The molecule has 0 spiro atoms. The van der Waals surface area contributed by atoms with Gasteiger partial charge in [-0.25, -0.2) is 0 Å². The highest BCUT2D eigenvalue weighted by Gasteiger charge is 2.59. The molecule has 7 nitrogen and oxygen atoms in total. The van der Waals surface area contributed by atoms with Crippen LogP contribution in [0.2, 0.25) is 0 Å². The van der Waals surface area contributed by atoms with Crippen LogP contribution in [0.1, 0.15) is 70.5 Å². The molecule has 31 heavy (non-hydrogen) atoms. The first kappa shape index (κ1) is 21.5. The fourth-order valence-electron chi connectivity index (χ4n) is 8.53. The highest BCUT2D eigenvalue weighted by atomic mass is 16.5. The van der Waals surface area contributed by atoms with E-state index < -0.39 is 5.60 Å². The number of rotatable bonds is 5. The maximum Gasteiger partial charge on any atom is 0.171 e. The van der Waals surface area contributed by atoms with E-state index >= 15 is 0 Å². The van der Waals surface area contributed by atoms with Crippen LogP contribution in [0.5, 0.6) is 0 Å². The number of ketones is 1. The van der Waals surface area contributed by atoms with Gasteiger partial charge in [-0.15, -0.1) is 10.2 Å². The number of tetrazole rings is 1. The Morgan fingerprint density at radius 1 is 1.13 bits per heavy atom. The van der Waals surface area contributed by atoms with E-state index in [0.717, 1.165) is 49.9 Å². The summed E-state index contributed by atoms with van der Waals surface area (Å²) in [5.74, 6) is 4.60. The first-order valence-electron chi connectivity index (χ1n) is 12.3. The summed E-state index contributed by atoms with van der Waals surface area (Å²) in [5, 5.41) is 23.1. The van der Waals surface area contributed by atoms with E-state index in [-0.39, 0.29) is 23.7 Å². The van der Waals surface area contributed by atoms with Crippen molar-refractivity contribution < 1.29 is 14.6 Å². The van der Waals surface area contributed by atoms with E-state index in [4.69, 9.17) is 4.74 Å². The Labute approximate surface area is 185 Å². The molecule has 0 aromatic carbocycles. The molecule has 4 saturated carbocycles. The summed E-state index contributed by atoms with van der Waals surface area (Å²) in [5.41, 5.74) is -0.503. The molecule has 1 aromatic rings. The molecule has 7 heteroatoms. The number of methoxy groups -OCH3 is 1. The van der Waals surface area contributed by atoms with Crippen LogP contribution in [0.15, 0.2) is 0 Å². The number of carbonyl (C=O) groups excluding carboxylic acids is 1. The van der Waals surface area contributed by atoms with Gasteiger partial charge in [-0.1, -0.05) is 6.92 Å². The van der Waals surface area contributed by atoms with Gasteiger partial charge in [0, 0.05) is 13.0 Å². The van der Waals surface area contributed by atoms with Crippen molar-refractivity contribution in [2.24, 2.45) is 40.9 Å². The number of ether oxygens (including phenoxy) is 1. The molecule has 0 amide bonds. The number of aromatic nitrogens is 4. The SMILES string of the molecule is COC[C@@]1(O)CC[C@H]2[C@H](CC[C@@H]3[C@@H]2CC[C@]2(C)[C@@H](C(=O)Cn4nnc(C)n4)CC[C@@H]32)C1. The third kappa shape index (κ3) is 3.65. The molecule has 8 atom stereocenters. The maximum absolute atomic E-state index is 13.2. The molecule has 0 unspecified atom stereocenters. The Kier molecular flexibility index (Phi) is 5.48. The van der Waals surface area contributed by atoms with Crippen molar-refractivity contribution in [3.8, 4) is 0 Å². The quantitative estimate of drug-likeness (QED) is 0.771. The predicted octanol–water partition coefficient (Wildman–Crippen LogP) is 3.20. The third-order valence-electron chi connectivity index (χ3n) is 9.76. The molecular formula is C24H38N4O3. The molecule has 0 aliphatic heterocycles. The van der Waals surface area contributed by atoms with Crippen molar-refractivity contribution in [2.75, 3.05) is 13.7 Å². The summed E-state index contributed by atoms with van der Waals surface area (Å²) < 4.78 is 5.32. The first-order valence-corrected chi connectivity index (χ1v) is 12.3. The second-order valence-corrected chi connectivity index (χ2v) is 11.3. The number of aryl methyl sites for hydroxylation is 1. The van der Waals surface area contributed by atoms with Gasteiger partial charge in [0.2, 0.25) is 0 Å². The zero-order valence-corrected chi connectivity index (χ0v) is 19.3. The van der Waals surface area contributed by atoms with Crippen molar-refractivity contribution in [3.63, 3.8) is 0 Å². The van der Waals surface area contributed by atoms with Crippen LogP contribution in [0.4, 0.5) is 0 Å². The van der Waals surface area contributed by atoms with E-state index in [1.807, 2.05) is 0 Å². The fourth-order valence-corrected chi connectivity index (χ4v) is 8.53. The number of nitrogens with zero attached hydrogens (tertiary/aromatic N) is 4. The molecule has 0 saturated heterocycles. The Balaban J connectivity index is 1.28. The Morgan fingerprint density at radius 3 is 2.68 bits per heavy atom. The van der Waals surface area contributed by atoms with Gasteiger partial charge in [0.05, 0.1) is 12.2 Å². The van der Waals surface area contributed by atoms with Crippen molar-refractivity contribution in [3.05, 3.63) is 5.82 Å². The smallest absolute Gasteiger partial charge is 0.171 e. The lowest BCUT2D eigenvalue weighted by atomic mass is 9.49. The highest BCUT2D eigenvalue weighted by Crippen LogP contribution is 2.64. The van der Waals surface area contributed by atoms with E-state index in [2.05, 4.69) is 22.3 Å². The molecule has 4 aliphatic rings. The number of aliphatic hydroxyl groups is 1. The normalized spacial score (nSPS) is 44.4. The second kappa shape index (κ2) is 7.91. The summed E-state index contributed by atoms with van der Waals surface area (Å²) in [6.45, 7) is 4.92.